The third-order valence-electron chi connectivity index (χ3n) is 3.74. The lowest BCUT2D eigenvalue weighted by atomic mass is 9.98. The molecule has 1 aromatic heterocycles. The van der Waals surface area contributed by atoms with Gasteiger partial charge in [0, 0.05) is 6.20 Å². The fourth-order valence-electron chi connectivity index (χ4n) is 2.59. The van der Waals surface area contributed by atoms with Crippen LogP contribution < -0.4 is 5.32 Å². The molecule has 0 aromatic carbocycles. The number of carboxylic acid groups (broad SMARTS) is 1. The highest BCUT2D eigenvalue weighted by Crippen LogP contribution is 2.29. The molecule has 1 fully saturated rings. The average molecular weight is 316 g/mol. The van der Waals surface area contributed by atoms with Gasteiger partial charge in [-0.15, -0.1) is 0 Å². The van der Waals surface area contributed by atoms with E-state index in [2.05, 4.69) is 10.3 Å². The van der Waals surface area contributed by atoms with Crippen LogP contribution >= 0.6 is 0 Å². The number of halogens is 3. The van der Waals surface area contributed by atoms with E-state index in [0.29, 0.717) is 18.9 Å². The molecular weight excluding hydrogens is 301 g/mol. The molecule has 0 saturated heterocycles. The van der Waals surface area contributed by atoms with Crippen molar-refractivity contribution in [2.75, 3.05) is 0 Å². The van der Waals surface area contributed by atoms with Crippen molar-refractivity contribution in [3.63, 3.8) is 0 Å². The van der Waals surface area contributed by atoms with E-state index in [4.69, 9.17) is 0 Å². The molecule has 0 radical (unpaired) electrons. The number of pyridine rings is 1. The highest BCUT2D eigenvalue weighted by Gasteiger charge is 2.34. The smallest absolute Gasteiger partial charge is 0.433 e. The molecule has 1 aliphatic rings. The first kappa shape index (κ1) is 16.3. The molecule has 1 saturated carbocycles. The second-order valence-corrected chi connectivity index (χ2v) is 5.26. The zero-order valence-electron chi connectivity index (χ0n) is 11.6. The lowest BCUT2D eigenvalue weighted by Crippen LogP contribution is -2.45. The average Bonchev–Trinajstić information content (AvgIpc) is 2.97. The molecule has 1 heterocycles. The van der Waals surface area contributed by atoms with Crippen LogP contribution in [0.3, 0.4) is 0 Å². The number of alkyl halides is 3. The Labute approximate surface area is 124 Å². The molecule has 8 heteroatoms. The van der Waals surface area contributed by atoms with Crippen molar-refractivity contribution in [2.24, 2.45) is 5.92 Å². The van der Waals surface area contributed by atoms with Gasteiger partial charge in [0.25, 0.3) is 5.91 Å². The van der Waals surface area contributed by atoms with E-state index in [-0.39, 0.29) is 11.5 Å². The molecule has 0 bridgehead atoms. The summed E-state index contributed by atoms with van der Waals surface area (Å²) in [5.41, 5.74) is -1.20. The summed E-state index contributed by atoms with van der Waals surface area (Å²) < 4.78 is 37.2. The van der Waals surface area contributed by atoms with Gasteiger partial charge in [-0.3, -0.25) is 9.78 Å². The molecule has 1 unspecified atom stereocenters. The number of amides is 1. The highest BCUT2D eigenvalue weighted by atomic mass is 19.4. The van der Waals surface area contributed by atoms with Gasteiger partial charge in [0.15, 0.2) is 0 Å². The standard InChI is InChI=1S/C14H15F3N2O3/c15-14(16,17)10-6-5-9(7-18-10)12(20)19-11(13(21)22)8-3-1-2-4-8/h5-8,11H,1-4H2,(H,19,20)(H,21,22). The van der Waals surface area contributed by atoms with Gasteiger partial charge in [-0.25, -0.2) is 4.79 Å². The van der Waals surface area contributed by atoms with E-state index in [9.17, 15) is 27.9 Å². The van der Waals surface area contributed by atoms with Crippen LogP contribution in [0.15, 0.2) is 18.3 Å². The van der Waals surface area contributed by atoms with Crippen LogP contribution in [0.5, 0.6) is 0 Å². The molecule has 1 atom stereocenters. The number of aromatic nitrogens is 1. The van der Waals surface area contributed by atoms with Crippen LogP contribution in [0.4, 0.5) is 13.2 Å². The SMILES string of the molecule is O=C(NC(C(=O)O)C1CCCC1)c1ccc(C(F)(F)F)nc1. The zero-order valence-corrected chi connectivity index (χ0v) is 11.6. The van der Waals surface area contributed by atoms with Crippen LogP contribution in [0, 0.1) is 5.92 Å². The number of carbonyl (C=O) groups is 2. The van der Waals surface area contributed by atoms with Crippen LogP contribution in [0.2, 0.25) is 0 Å². The Kier molecular flexibility index (Phi) is 4.68. The van der Waals surface area contributed by atoms with Crippen LogP contribution in [-0.2, 0) is 11.0 Å². The molecular formula is C14H15F3N2O3. The Morgan fingerprint density at radius 2 is 1.91 bits per heavy atom. The van der Waals surface area contributed by atoms with Gasteiger partial charge >= 0.3 is 12.1 Å². The van der Waals surface area contributed by atoms with Crippen molar-refractivity contribution in [2.45, 2.75) is 37.9 Å². The zero-order chi connectivity index (χ0) is 16.3. The lowest BCUT2D eigenvalue weighted by Gasteiger charge is -2.20. The van der Waals surface area contributed by atoms with E-state index in [1.807, 2.05) is 0 Å². The molecule has 0 spiro atoms. The summed E-state index contributed by atoms with van der Waals surface area (Å²) >= 11 is 0. The van der Waals surface area contributed by atoms with Gasteiger partial charge in [-0.2, -0.15) is 13.2 Å². The maximum atomic E-state index is 12.4. The summed E-state index contributed by atoms with van der Waals surface area (Å²) in [6.45, 7) is 0. The Bertz CT molecular complexity index is 551. The maximum absolute atomic E-state index is 12.4. The van der Waals surface area contributed by atoms with Gasteiger partial charge < -0.3 is 10.4 Å². The first-order valence-corrected chi connectivity index (χ1v) is 6.86. The second kappa shape index (κ2) is 6.33. The maximum Gasteiger partial charge on any atom is 0.433 e. The summed E-state index contributed by atoms with van der Waals surface area (Å²) in [7, 11) is 0. The summed E-state index contributed by atoms with van der Waals surface area (Å²) in [5.74, 6) is -2.02. The molecule has 5 nitrogen and oxygen atoms in total. The lowest BCUT2D eigenvalue weighted by molar-refractivity contribution is -0.141. The van der Waals surface area contributed by atoms with Crippen molar-refractivity contribution in [1.29, 1.82) is 0 Å². The molecule has 120 valence electrons. The quantitative estimate of drug-likeness (QED) is 0.894. The van der Waals surface area contributed by atoms with Crippen molar-refractivity contribution < 1.29 is 27.9 Å². The molecule has 1 aliphatic carbocycles. The van der Waals surface area contributed by atoms with Crippen LogP contribution in [-0.4, -0.2) is 28.0 Å². The molecule has 1 aromatic rings. The number of rotatable bonds is 4. The number of carbonyl (C=O) groups excluding carboxylic acids is 1. The number of carboxylic acids is 1. The van der Waals surface area contributed by atoms with Crippen molar-refractivity contribution in [1.82, 2.24) is 10.3 Å². The summed E-state index contributed by atoms with van der Waals surface area (Å²) in [6.07, 6.45) is -0.544. The van der Waals surface area contributed by atoms with Crippen LogP contribution in [0.25, 0.3) is 0 Å². The third kappa shape index (κ3) is 3.75. The molecule has 1 amide bonds. The fraction of sp³-hybridized carbons (Fsp3) is 0.500. The summed E-state index contributed by atoms with van der Waals surface area (Å²) in [6, 6.07) is 0.649. The van der Waals surface area contributed by atoms with Gasteiger partial charge in [-0.1, -0.05) is 12.8 Å². The van der Waals surface area contributed by atoms with Gasteiger partial charge in [0.2, 0.25) is 0 Å². The summed E-state index contributed by atoms with van der Waals surface area (Å²) in [5, 5.41) is 11.6. The van der Waals surface area contributed by atoms with E-state index in [1.165, 1.54) is 0 Å². The van der Waals surface area contributed by atoms with Gasteiger partial charge in [-0.05, 0) is 30.9 Å². The number of hydrogen-bond donors (Lipinski definition) is 2. The van der Waals surface area contributed by atoms with Crippen LogP contribution in [0.1, 0.15) is 41.7 Å². The molecule has 2 rings (SSSR count). The highest BCUT2D eigenvalue weighted by molar-refractivity contribution is 5.96. The molecule has 0 aliphatic heterocycles. The second-order valence-electron chi connectivity index (χ2n) is 5.26. The first-order valence-electron chi connectivity index (χ1n) is 6.86. The minimum atomic E-state index is -4.58. The van der Waals surface area contributed by atoms with E-state index < -0.39 is 29.8 Å². The largest absolute Gasteiger partial charge is 0.480 e. The van der Waals surface area contributed by atoms with Crippen molar-refractivity contribution in [3.05, 3.63) is 29.6 Å². The Morgan fingerprint density at radius 1 is 1.27 bits per heavy atom. The Morgan fingerprint density at radius 3 is 2.36 bits per heavy atom. The Balaban J connectivity index is 2.08. The first-order chi connectivity index (χ1) is 10.3. The van der Waals surface area contributed by atoms with Gasteiger partial charge in [0.1, 0.15) is 11.7 Å². The predicted molar refractivity (Wildman–Crippen MR) is 70.1 cm³/mol. The Hall–Kier alpha value is -2.12. The topological polar surface area (TPSA) is 79.3 Å². The molecule has 2 N–H and O–H groups in total. The molecule has 22 heavy (non-hydrogen) atoms. The third-order valence-corrected chi connectivity index (χ3v) is 3.74. The van der Waals surface area contributed by atoms with Crippen molar-refractivity contribution in [3.8, 4) is 0 Å². The number of hydrogen-bond acceptors (Lipinski definition) is 3. The number of nitrogens with one attached hydrogen (secondary N) is 1. The monoisotopic (exact) mass is 316 g/mol. The van der Waals surface area contributed by atoms with E-state index >= 15 is 0 Å². The normalized spacial score (nSPS) is 17.2. The van der Waals surface area contributed by atoms with Gasteiger partial charge in [0.05, 0.1) is 5.56 Å². The van der Waals surface area contributed by atoms with E-state index in [0.717, 1.165) is 25.1 Å². The number of nitrogens with zero attached hydrogens (tertiary/aromatic N) is 1. The predicted octanol–water partition coefficient (Wildman–Crippen LogP) is 2.47. The minimum absolute atomic E-state index is 0.0998. The minimum Gasteiger partial charge on any atom is -0.480 e. The fourth-order valence-corrected chi connectivity index (χ4v) is 2.59. The number of aliphatic carboxylic acids is 1. The van der Waals surface area contributed by atoms with E-state index in [1.54, 1.807) is 0 Å². The van der Waals surface area contributed by atoms with Crippen molar-refractivity contribution >= 4 is 11.9 Å². The summed E-state index contributed by atoms with van der Waals surface area (Å²) in [4.78, 5) is 26.4.